The number of carboxylic acid groups (broad SMARTS) is 1. The summed E-state index contributed by atoms with van der Waals surface area (Å²) in [6.07, 6.45) is 2.35. The fourth-order valence-electron chi connectivity index (χ4n) is 1.65. The average Bonchev–Trinajstić information content (AvgIpc) is 3.14. The number of furan rings is 1. The predicted molar refractivity (Wildman–Crippen MR) is 76.7 cm³/mol. The number of aromatic carboxylic acids is 1. The van der Waals surface area contributed by atoms with Gasteiger partial charge >= 0.3 is 5.97 Å². The highest BCUT2D eigenvalue weighted by molar-refractivity contribution is 9.10. The smallest absolute Gasteiger partial charge is 0.371 e. The third kappa shape index (κ3) is 4.06. The van der Waals surface area contributed by atoms with Gasteiger partial charge in [-0.25, -0.2) is 13.2 Å². The summed E-state index contributed by atoms with van der Waals surface area (Å²) in [5.74, 6) is -1.14. The van der Waals surface area contributed by atoms with Crippen LogP contribution in [-0.4, -0.2) is 50.6 Å². The molecule has 0 radical (unpaired) electrons. The Balaban J connectivity index is 1.99. The molecule has 0 unspecified atom stereocenters. The van der Waals surface area contributed by atoms with E-state index in [2.05, 4.69) is 15.9 Å². The molecular weight excluding hydrogens is 366 g/mol. The number of sulfonamides is 1. The molecule has 0 saturated heterocycles. The summed E-state index contributed by atoms with van der Waals surface area (Å²) in [7, 11) is -2.41. The number of nitrogens with zero attached hydrogens (tertiary/aromatic N) is 1. The Labute approximate surface area is 131 Å². The maximum atomic E-state index is 12.3. The van der Waals surface area contributed by atoms with Gasteiger partial charge in [0.1, 0.15) is 4.90 Å². The number of likely N-dealkylation sites (N-methyl/N-ethyl adjacent to an activating group) is 1. The molecule has 0 aliphatic heterocycles. The highest BCUT2D eigenvalue weighted by atomic mass is 79.9. The molecule has 118 valence electrons. The van der Waals surface area contributed by atoms with Crippen LogP contribution in [0.2, 0.25) is 0 Å². The summed E-state index contributed by atoms with van der Waals surface area (Å²) >= 11 is 2.93. The Kier molecular flexibility index (Phi) is 5.07. The van der Waals surface area contributed by atoms with Crippen LogP contribution < -0.4 is 0 Å². The minimum Gasteiger partial charge on any atom is -0.475 e. The first-order chi connectivity index (χ1) is 9.82. The predicted octanol–water partition coefficient (Wildman–Crippen LogP) is 1.79. The molecule has 0 aromatic carbocycles. The zero-order valence-electron chi connectivity index (χ0n) is 11.4. The van der Waals surface area contributed by atoms with Crippen LogP contribution in [0.5, 0.6) is 0 Å². The van der Waals surface area contributed by atoms with Gasteiger partial charge < -0.3 is 14.3 Å². The molecule has 1 fully saturated rings. The Morgan fingerprint density at radius 1 is 1.57 bits per heavy atom. The zero-order valence-corrected chi connectivity index (χ0v) is 13.8. The van der Waals surface area contributed by atoms with Gasteiger partial charge in [0.05, 0.1) is 6.61 Å². The van der Waals surface area contributed by atoms with Crippen LogP contribution in [0.1, 0.15) is 23.4 Å². The monoisotopic (exact) mass is 381 g/mol. The maximum absolute atomic E-state index is 12.3. The third-order valence-corrected chi connectivity index (χ3v) is 5.87. The minimum atomic E-state index is -3.82. The molecule has 1 heterocycles. The average molecular weight is 382 g/mol. The van der Waals surface area contributed by atoms with E-state index in [0.717, 1.165) is 10.4 Å². The van der Waals surface area contributed by atoms with Crippen molar-refractivity contribution in [2.75, 3.05) is 26.8 Å². The molecular formula is C12H16BrNO6S. The first-order valence-electron chi connectivity index (χ1n) is 6.39. The number of carboxylic acids is 1. The second-order valence-corrected chi connectivity index (χ2v) is 7.63. The fourth-order valence-corrected chi connectivity index (χ4v) is 3.70. The highest BCUT2D eigenvalue weighted by Gasteiger charge is 2.28. The standard InChI is InChI=1S/C12H16BrNO6S/c1-14(4-5-19-7-8-2-3-8)21(17,18)10-6-9(12(15)16)20-11(10)13/h6,8H,2-5,7H2,1H3,(H,15,16). The number of ether oxygens (including phenoxy) is 1. The third-order valence-electron chi connectivity index (χ3n) is 3.16. The van der Waals surface area contributed by atoms with Crippen molar-refractivity contribution in [1.29, 1.82) is 0 Å². The van der Waals surface area contributed by atoms with Crippen LogP contribution in [0.15, 0.2) is 20.0 Å². The van der Waals surface area contributed by atoms with Crippen LogP contribution in [0.4, 0.5) is 0 Å². The SMILES string of the molecule is CN(CCOCC1CC1)S(=O)(=O)c1cc(C(=O)O)oc1Br. The van der Waals surface area contributed by atoms with Crippen LogP contribution in [-0.2, 0) is 14.8 Å². The van der Waals surface area contributed by atoms with Crippen molar-refractivity contribution in [1.82, 2.24) is 4.31 Å². The normalized spacial score (nSPS) is 15.6. The van der Waals surface area contributed by atoms with Crippen LogP contribution in [0, 0.1) is 5.92 Å². The van der Waals surface area contributed by atoms with Gasteiger partial charge in [0.2, 0.25) is 15.8 Å². The first-order valence-corrected chi connectivity index (χ1v) is 8.62. The van der Waals surface area contributed by atoms with Gasteiger partial charge in [0.25, 0.3) is 0 Å². The van der Waals surface area contributed by atoms with E-state index in [1.807, 2.05) is 0 Å². The molecule has 1 aliphatic carbocycles. The van der Waals surface area contributed by atoms with Gasteiger partial charge in [0.15, 0.2) is 4.67 Å². The molecule has 1 saturated carbocycles. The van der Waals surface area contributed by atoms with Crippen LogP contribution >= 0.6 is 15.9 Å². The van der Waals surface area contributed by atoms with Crippen molar-refractivity contribution in [3.63, 3.8) is 0 Å². The van der Waals surface area contributed by atoms with E-state index in [0.29, 0.717) is 19.1 Å². The summed E-state index contributed by atoms with van der Waals surface area (Å²) in [5, 5.41) is 8.82. The van der Waals surface area contributed by atoms with E-state index >= 15 is 0 Å². The van der Waals surface area contributed by atoms with Crippen molar-refractivity contribution in [3.8, 4) is 0 Å². The number of hydrogen-bond acceptors (Lipinski definition) is 5. The molecule has 0 bridgehead atoms. The van der Waals surface area contributed by atoms with Crippen molar-refractivity contribution in [2.24, 2.45) is 5.92 Å². The van der Waals surface area contributed by atoms with E-state index in [4.69, 9.17) is 14.3 Å². The van der Waals surface area contributed by atoms with E-state index in [1.165, 1.54) is 19.9 Å². The summed E-state index contributed by atoms with van der Waals surface area (Å²) in [4.78, 5) is 10.6. The molecule has 0 atom stereocenters. The number of halogens is 1. The Bertz CT molecular complexity index is 622. The van der Waals surface area contributed by atoms with E-state index in [-0.39, 0.29) is 16.1 Å². The molecule has 0 spiro atoms. The number of carbonyl (C=O) groups is 1. The van der Waals surface area contributed by atoms with Crippen molar-refractivity contribution >= 4 is 31.9 Å². The minimum absolute atomic E-state index is 0.120. The lowest BCUT2D eigenvalue weighted by molar-refractivity contribution is 0.0661. The lowest BCUT2D eigenvalue weighted by Crippen LogP contribution is -2.30. The van der Waals surface area contributed by atoms with Gasteiger partial charge in [-0.05, 0) is 34.7 Å². The Morgan fingerprint density at radius 3 is 2.76 bits per heavy atom. The number of rotatable bonds is 8. The van der Waals surface area contributed by atoms with Gasteiger partial charge in [-0.15, -0.1) is 0 Å². The fraction of sp³-hybridized carbons (Fsp3) is 0.583. The van der Waals surface area contributed by atoms with Gasteiger partial charge in [-0.2, -0.15) is 4.31 Å². The largest absolute Gasteiger partial charge is 0.475 e. The summed E-state index contributed by atoms with van der Waals surface area (Å²) < 4.78 is 35.9. The lowest BCUT2D eigenvalue weighted by Gasteiger charge is -2.16. The molecule has 1 aromatic heterocycles. The molecule has 1 aromatic rings. The maximum Gasteiger partial charge on any atom is 0.371 e. The molecule has 1 N–H and O–H groups in total. The van der Waals surface area contributed by atoms with Crippen molar-refractivity contribution in [2.45, 2.75) is 17.7 Å². The molecule has 2 rings (SSSR count). The van der Waals surface area contributed by atoms with Gasteiger partial charge in [-0.3, -0.25) is 0 Å². The summed E-state index contributed by atoms with van der Waals surface area (Å²) in [6, 6.07) is 0.989. The quantitative estimate of drug-likeness (QED) is 0.689. The second kappa shape index (κ2) is 6.47. The van der Waals surface area contributed by atoms with Gasteiger partial charge in [0, 0.05) is 26.3 Å². The molecule has 1 aliphatic rings. The molecule has 9 heteroatoms. The summed E-state index contributed by atoms with van der Waals surface area (Å²) in [6.45, 7) is 1.15. The van der Waals surface area contributed by atoms with Crippen molar-refractivity contribution < 1.29 is 27.5 Å². The van der Waals surface area contributed by atoms with E-state index in [9.17, 15) is 13.2 Å². The van der Waals surface area contributed by atoms with Crippen LogP contribution in [0.3, 0.4) is 0 Å². The summed E-state index contributed by atoms with van der Waals surface area (Å²) in [5.41, 5.74) is 0. The molecule has 21 heavy (non-hydrogen) atoms. The Hall–Kier alpha value is -0.900. The Morgan fingerprint density at radius 2 is 2.24 bits per heavy atom. The van der Waals surface area contributed by atoms with Gasteiger partial charge in [-0.1, -0.05) is 0 Å². The van der Waals surface area contributed by atoms with Crippen molar-refractivity contribution in [3.05, 3.63) is 16.5 Å². The van der Waals surface area contributed by atoms with Crippen LogP contribution in [0.25, 0.3) is 0 Å². The van der Waals surface area contributed by atoms with E-state index < -0.39 is 21.8 Å². The molecule has 0 amide bonds. The highest BCUT2D eigenvalue weighted by Crippen LogP contribution is 2.29. The molecule has 7 nitrogen and oxygen atoms in total. The lowest BCUT2D eigenvalue weighted by atomic mass is 10.5. The first kappa shape index (κ1) is 16.5. The second-order valence-electron chi connectivity index (χ2n) is 4.90. The topological polar surface area (TPSA) is 97.0 Å². The zero-order chi connectivity index (χ0) is 15.6. The van der Waals surface area contributed by atoms with E-state index in [1.54, 1.807) is 0 Å². The number of hydrogen-bond donors (Lipinski definition) is 1.